The molecule has 12 nitrogen and oxygen atoms in total. The number of anilines is 1. The number of benzene rings is 3. The van der Waals surface area contributed by atoms with Gasteiger partial charge in [-0.2, -0.15) is 4.31 Å². The number of ether oxygens (including phenoxy) is 1. The van der Waals surface area contributed by atoms with Crippen LogP contribution in [0.2, 0.25) is 0 Å². The molecule has 0 spiro atoms. The lowest BCUT2D eigenvalue weighted by molar-refractivity contribution is -0.130. The number of hydrogen-bond acceptors (Lipinski definition) is 7. The number of H-pyrrole nitrogens is 2. The number of sulfonamides is 1. The van der Waals surface area contributed by atoms with Crippen LogP contribution in [0.5, 0.6) is 0 Å². The number of carbonyl (C=O) groups excluding carboxylic acids is 2. The van der Waals surface area contributed by atoms with Gasteiger partial charge in [-0.1, -0.05) is 30.3 Å². The molecule has 48 heavy (non-hydrogen) atoms. The zero-order valence-electron chi connectivity index (χ0n) is 27.0. The van der Waals surface area contributed by atoms with Crippen molar-refractivity contribution in [3.05, 3.63) is 82.3 Å². The van der Waals surface area contributed by atoms with E-state index in [2.05, 4.69) is 20.6 Å². The third kappa shape index (κ3) is 7.54. The van der Waals surface area contributed by atoms with Crippen LogP contribution in [0, 0.1) is 18.8 Å². The molecule has 6 rings (SSSR count). The van der Waals surface area contributed by atoms with Gasteiger partial charge in [-0.05, 0) is 97.7 Å². The molecule has 2 heterocycles. The fourth-order valence-corrected chi connectivity index (χ4v) is 8.00. The largest absolute Gasteiger partial charge is 0.379 e. The first-order valence-electron chi connectivity index (χ1n) is 16.4. The lowest BCUT2D eigenvalue weighted by Crippen LogP contribution is -2.48. The molecule has 2 amide bonds. The molecule has 6 N–H and O–H groups in total. The Morgan fingerprint density at radius 1 is 0.958 bits per heavy atom. The molecule has 1 aromatic heterocycles. The number of aromatic nitrogens is 2. The minimum atomic E-state index is -3.66. The predicted molar refractivity (Wildman–Crippen MR) is 184 cm³/mol. The average Bonchev–Trinajstić information content (AvgIpc) is 3.48. The van der Waals surface area contributed by atoms with Gasteiger partial charge in [-0.25, -0.2) is 13.2 Å². The van der Waals surface area contributed by atoms with E-state index in [1.165, 1.54) is 4.31 Å². The number of fused-ring (bicyclic) bond motifs is 1. The van der Waals surface area contributed by atoms with E-state index in [9.17, 15) is 22.8 Å². The highest BCUT2D eigenvalue weighted by Gasteiger charge is 2.30. The smallest absolute Gasteiger partial charge is 0.323 e. The van der Waals surface area contributed by atoms with Crippen molar-refractivity contribution in [3.8, 4) is 11.1 Å². The number of morpholine rings is 1. The molecule has 4 aromatic rings. The Kier molecular flexibility index (Phi) is 10.1. The van der Waals surface area contributed by atoms with E-state index in [4.69, 9.17) is 10.5 Å². The van der Waals surface area contributed by atoms with Crippen molar-refractivity contribution in [1.82, 2.24) is 19.6 Å². The molecule has 0 radical (unpaired) electrons. The molecule has 1 aliphatic carbocycles. The number of nitrogens with one attached hydrogen (secondary N) is 4. The molecular weight excluding hydrogens is 632 g/mol. The summed E-state index contributed by atoms with van der Waals surface area (Å²) >= 11 is 0. The number of rotatable bonds is 10. The second kappa shape index (κ2) is 14.4. The maximum absolute atomic E-state index is 13.7. The van der Waals surface area contributed by atoms with E-state index in [-0.39, 0.29) is 34.7 Å². The highest BCUT2D eigenvalue weighted by Crippen LogP contribution is 2.30. The summed E-state index contributed by atoms with van der Waals surface area (Å²) in [6.07, 6.45) is 3.47. The molecule has 1 saturated carbocycles. The van der Waals surface area contributed by atoms with Crippen LogP contribution in [-0.2, 0) is 30.8 Å². The van der Waals surface area contributed by atoms with Crippen LogP contribution >= 0.6 is 0 Å². The summed E-state index contributed by atoms with van der Waals surface area (Å²) in [5.41, 5.74) is 10.6. The number of hydrogen-bond donors (Lipinski definition) is 5. The van der Waals surface area contributed by atoms with Crippen molar-refractivity contribution < 1.29 is 22.7 Å². The van der Waals surface area contributed by atoms with Crippen molar-refractivity contribution in [3.63, 3.8) is 0 Å². The van der Waals surface area contributed by atoms with Gasteiger partial charge >= 0.3 is 5.69 Å². The lowest BCUT2D eigenvalue weighted by Gasteiger charge is -2.28. The van der Waals surface area contributed by atoms with Crippen molar-refractivity contribution >= 4 is 38.6 Å². The Balaban J connectivity index is 1.21. The Hall–Kier alpha value is -4.30. The number of nitrogens with two attached hydrogens (primary N) is 1. The second-order valence-corrected chi connectivity index (χ2v) is 14.7. The number of aromatic amines is 2. The molecular formula is C35H42N6O6S. The molecule has 0 bridgehead atoms. The maximum Gasteiger partial charge on any atom is 0.323 e. The summed E-state index contributed by atoms with van der Waals surface area (Å²) in [4.78, 5) is 44.4. The summed E-state index contributed by atoms with van der Waals surface area (Å²) in [6.45, 7) is 3.93. The standard InChI is InChI=1S/C35H42N6O6S/c1-22-2-12-28(48(45,46)41-14-16-47-17-15-41)20-29(22)25-7-3-23(4-8-25)18-32(38-33(42)26-9-5-24(21-36)6-10-26)34(43)37-27-11-13-30-31(19-27)40-35(44)39-30/h2-4,7-8,11-13,19-20,24,26,32H,5-6,9-10,14-18,21,36H2,1H3,(H,37,43)(H,38,42)(H2,39,40,44)/t24-,26-,32-/m0/s1. The Bertz CT molecular complexity index is 1940. The van der Waals surface area contributed by atoms with Crippen LogP contribution < -0.4 is 22.1 Å². The monoisotopic (exact) mass is 674 g/mol. The van der Waals surface area contributed by atoms with Gasteiger partial charge in [0.1, 0.15) is 6.04 Å². The van der Waals surface area contributed by atoms with Crippen LogP contribution in [0.3, 0.4) is 0 Å². The normalized spacial score (nSPS) is 19.5. The molecule has 1 atom stereocenters. The molecule has 1 aliphatic heterocycles. The van der Waals surface area contributed by atoms with Crippen molar-refractivity contribution in [1.29, 1.82) is 0 Å². The average molecular weight is 675 g/mol. The van der Waals surface area contributed by atoms with Crippen LogP contribution in [-0.4, -0.2) is 73.4 Å². The first-order chi connectivity index (χ1) is 23.1. The fourth-order valence-electron chi connectivity index (χ4n) is 6.56. The molecule has 3 aromatic carbocycles. The third-order valence-corrected chi connectivity index (χ3v) is 11.4. The van der Waals surface area contributed by atoms with E-state index in [1.54, 1.807) is 30.3 Å². The first-order valence-corrected chi connectivity index (χ1v) is 17.9. The Morgan fingerprint density at radius 3 is 2.38 bits per heavy atom. The van der Waals surface area contributed by atoms with Crippen molar-refractivity contribution in [2.75, 3.05) is 38.2 Å². The molecule has 1 saturated heterocycles. The Labute approximate surface area is 279 Å². The van der Waals surface area contributed by atoms with Gasteiger partial charge in [-0.15, -0.1) is 0 Å². The van der Waals surface area contributed by atoms with Crippen LogP contribution in [0.1, 0.15) is 36.8 Å². The summed E-state index contributed by atoms with van der Waals surface area (Å²) in [6, 6.07) is 17.0. The highest BCUT2D eigenvalue weighted by molar-refractivity contribution is 7.89. The van der Waals surface area contributed by atoms with Crippen LogP contribution in [0.15, 0.2) is 70.4 Å². The SMILES string of the molecule is Cc1ccc(S(=O)(=O)N2CCOCC2)cc1-c1ccc(C[C@H](NC(=O)[C@H]2CC[C@H](CN)CC2)C(=O)Nc2ccc3[nH]c(=O)[nH]c3c2)cc1. The molecule has 254 valence electrons. The fraction of sp³-hybridized carbons (Fsp3) is 0.400. The van der Waals surface area contributed by atoms with Gasteiger partial charge in [0.05, 0.1) is 29.1 Å². The predicted octanol–water partition coefficient (Wildman–Crippen LogP) is 3.28. The Morgan fingerprint density at radius 2 is 1.67 bits per heavy atom. The third-order valence-electron chi connectivity index (χ3n) is 9.49. The van der Waals surface area contributed by atoms with E-state index in [1.807, 2.05) is 37.3 Å². The number of carbonyl (C=O) groups is 2. The molecule has 2 aliphatic rings. The maximum atomic E-state index is 13.7. The number of aryl methyl sites for hydroxylation is 1. The van der Waals surface area contributed by atoms with E-state index < -0.39 is 16.1 Å². The van der Waals surface area contributed by atoms with Crippen molar-refractivity contribution in [2.24, 2.45) is 17.6 Å². The van der Waals surface area contributed by atoms with E-state index >= 15 is 0 Å². The van der Waals surface area contributed by atoms with E-state index in [0.29, 0.717) is 55.5 Å². The minimum Gasteiger partial charge on any atom is -0.379 e. The summed E-state index contributed by atoms with van der Waals surface area (Å²) < 4.78 is 33.4. The zero-order valence-corrected chi connectivity index (χ0v) is 27.8. The van der Waals surface area contributed by atoms with Gasteiger partial charge < -0.3 is 31.1 Å². The van der Waals surface area contributed by atoms with Gasteiger partial charge in [0.2, 0.25) is 21.8 Å². The first kappa shape index (κ1) is 33.6. The number of amides is 2. The quantitative estimate of drug-likeness (QED) is 0.171. The lowest BCUT2D eigenvalue weighted by atomic mass is 9.81. The zero-order chi connectivity index (χ0) is 33.8. The van der Waals surface area contributed by atoms with Gasteiger partial charge in [0, 0.05) is 31.1 Å². The number of nitrogens with zero attached hydrogens (tertiary/aromatic N) is 1. The number of imidazole rings is 1. The highest BCUT2D eigenvalue weighted by atomic mass is 32.2. The molecule has 2 fully saturated rings. The van der Waals surface area contributed by atoms with E-state index in [0.717, 1.165) is 47.9 Å². The second-order valence-electron chi connectivity index (χ2n) is 12.7. The van der Waals surface area contributed by atoms with Gasteiger partial charge in [0.25, 0.3) is 0 Å². The summed E-state index contributed by atoms with van der Waals surface area (Å²) in [5.74, 6) is -0.292. The molecule has 0 unspecified atom stereocenters. The van der Waals surface area contributed by atoms with Crippen LogP contribution in [0.25, 0.3) is 22.2 Å². The summed E-state index contributed by atoms with van der Waals surface area (Å²) in [5, 5.41) is 5.92. The topological polar surface area (TPSA) is 179 Å². The molecule has 13 heteroatoms. The minimum absolute atomic E-state index is 0.151. The van der Waals surface area contributed by atoms with Gasteiger partial charge in [-0.3, -0.25) is 9.59 Å². The van der Waals surface area contributed by atoms with Crippen LogP contribution in [0.4, 0.5) is 5.69 Å². The van der Waals surface area contributed by atoms with Crippen molar-refractivity contribution in [2.45, 2.75) is 50.0 Å². The summed E-state index contributed by atoms with van der Waals surface area (Å²) in [7, 11) is -3.66. The van der Waals surface area contributed by atoms with Gasteiger partial charge in [0.15, 0.2) is 0 Å².